The highest BCUT2D eigenvalue weighted by Gasteiger charge is 2.13. The molecule has 102 valence electrons. The van der Waals surface area contributed by atoms with Crippen molar-refractivity contribution in [2.75, 3.05) is 5.32 Å². The van der Waals surface area contributed by atoms with Crippen molar-refractivity contribution < 1.29 is 4.79 Å². The van der Waals surface area contributed by atoms with Crippen molar-refractivity contribution in [3.05, 3.63) is 36.4 Å². The van der Waals surface area contributed by atoms with Crippen molar-refractivity contribution in [3.63, 3.8) is 0 Å². The number of rotatable bonds is 3. The maximum absolute atomic E-state index is 12.1. The molecule has 0 saturated carbocycles. The Balaban J connectivity index is 1.80. The molecule has 0 bridgehead atoms. The number of pyridine rings is 1. The second kappa shape index (κ2) is 5.01. The van der Waals surface area contributed by atoms with Gasteiger partial charge in [-0.2, -0.15) is 5.10 Å². The zero-order chi connectivity index (χ0) is 14.1. The van der Waals surface area contributed by atoms with Gasteiger partial charge in [-0.05, 0) is 26.0 Å². The van der Waals surface area contributed by atoms with Crippen LogP contribution < -0.4 is 5.32 Å². The van der Waals surface area contributed by atoms with Crippen LogP contribution in [0.25, 0.3) is 10.2 Å². The molecule has 3 rings (SSSR count). The molecule has 20 heavy (non-hydrogen) atoms. The lowest BCUT2D eigenvalue weighted by Gasteiger charge is -2.03. The average molecular weight is 287 g/mol. The second-order valence-corrected chi connectivity index (χ2v) is 5.62. The van der Waals surface area contributed by atoms with Gasteiger partial charge in [-0.15, -0.1) is 0 Å². The van der Waals surface area contributed by atoms with E-state index in [-0.39, 0.29) is 11.9 Å². The third kappa shape index (κ3) is 2.39. The Morgan fingerprint density at radius 1 is 1.40 bits per heavy atom. The number of hydrogen-bond acceptors (Lipinski definition) is 5. The number of nitrogens with one attached hydrogen (secondary N) is 1. The van der Waals surface area contributed by atoms with Gasteiger partial charge in [0.25, 0.3) is 5.91 Å². The third-order valence-electron chi connectivity index (χ3n) is 2.78. The van der Waals surface area contributed by atoms with Crippen LogP contribution in [0.5, 0.6) is 0 Å². The summed E-state index contributed by atoms with van der Waals surface area (Å²) in [6.07, 6.45) is 5.20. The van der Waals surface area contributed by atoms with Crippen molar-refractivity contribution in [2.24, 2.45) is 0 Å². The van der Waals surface area contributed by atoms with Gasteiger partial charge in [-0.3, -0.25) is 19.8 Å². The molecule has 3 aromatic heterocycles. The Bertz CT molecular complexity index is 728. The summed E-state index contributed by atoms with van der Waals surface area (Å²) >= 11 is 1.39. The summed E-state index contributed by atoms with van der Waals surface area (Å²) in [6.45, 7) is 4.02. The van der Waals surface area contributed by atoms with Gasteiger partial charge >= 0.3 is 0 Å². The number of fused-ring (bicyclic) bond motifs is 1. The molecular formula is C13H13N5OS. The predicted octanol–water partition coefficient (Wildman–Crippen LogP) is 2.72. The van der Waals surface area contributed by atoms with E-state index in [0.29, 0.717) is 10.8 Å². The summed E-state index contributed by atoms with van der Waals surface area (Å²) in [5, 5.41) is 7.55. The van der Waals surface area contributed by atoms with E-state index in [2.05, 4.69) is 20.4 Å². The minimum atomic E-state index is -0.253. The Kier molecular flexibility index (Phi) is 3.19. The number of carbonyl (C=O) groups is 1. The Labute approximate surface area is 119 Å². The van der Waals surface area contributed by atoms with Crippen LogP contribution in [0.4, 0.5) is 5.13 Å². The maximum Gasteiger partial charge on any atom is 0.277 e. The van der Waals surface area contributed by atoms with Gasteiger partial charge in [0.2, 0.25) is 0 Å². The molecule has 0 aromatic carbocycles. The summed E-state index contributed by atoms with van der Waals surface area (Å²) < 4.78 is 2.69. The molecule has 0 saturated heterocycles. The molecule has 0 atom stereocenters. The zero-order valence-electron chi connectivity index (χ0n) is 11.1. The first-order valence-electron chi connectivity index (χ1n) is 6.20. The lowest BCUT2D eigenvalue weighted by molar-refractivity contribution is 0.102. The molecule has 3 heterocycles. The fraction of sp³-hybridized carbons (Fsp3) is 0.231. The van der Waals surface area contributed by atoms with Crippen LogP contribution in [-0.4, -0.2) is 25.7 Å². The highest BCUT2D eigenvalue weighted by molar-refractivity contribution is 7.22. The van der Waals surface area contributed by atoms with Crippen LogP contribution in [0, 0.1) is 0 Å². The number of nitrogens with zero attached hydrogens (tertiary/aromatic N) is 4. The highest BCUT2D eigenvalue weighted by Crippen LogP contribution is 2.24. The molecule has 1 N–H and O–H groups in total. The van der Waals surface area contributed by atoms with Crippen LogP contribution in [0.15, 0.2) is 30.7 Å². The van der Waals surface area contributed by atoms with Crippen molar-refractivity contribution in [1.82, 2.24) is 19.7 Å². The number of hydrogen-bond donors (Lipinski definition) is 1. The van der Waals surface area contributed by atoms with Gasteiger partial charge in [0.05, 0.1) is 10.2 Å². The SMILES string of the molecule is CC(C)n1ccc(C(=O)Nc2nc3ccncc3s2)n1. The molecule has 0 aliphatic carbocycles. The normalized spacial score (nSPS) is 11.2. The topological polar surface area (TPSA) is 72.7 Å². The van der Waals surface area contributed by atoms with Gasteiger partial charge in [-0.25, -0.2) is 4.98 Å². The van der Waals surface area contributed by atoms with Crippen LogP contribution in [0.2, 0.25) is 0 Å². The number of carbonyl (C=O) groups excluding carboxylic acids is 1. The highest BCUT2D eigenvalue weighted by atomic mass is 32.1. The van der Waals surface area contributed by atoms with Crippen molar-refractivity contribution in [3.8, 4) is 0 Å². The standard InChI is InChI=1S/C13H13N5OS/c1-8(2)18-6-4-10(17-18)12(19)16-13-15-9-3-5-14-7-11(9)20-13/h3-8H,1-2H3,(H,15,16,19). The molecule has 0 unspecified atom stereocenters. The molecule has 3 aromatic rings. The lowest BCUT2D eigenvalue weighted by Crippen LogP contribution is -2.13. The molecule has 0 fully saturated rings. The molecule has 0 radical (unpaired) electrons. The van der Waals surface area contributed by atoms with Crippen LogP contribution in [0.1, 0.15) is 30.4 Å². The zero-order valence-corrected chi connectivity index (χ0v) is 11.9. The largest absolute Gasteiger partial charge is 0.296 e. The average Bonchev–Trinajstić information content (AvgIpc) is 3.04. The Hall–Kier alpha value is -2.28. The summed E-state index contributed by atoms with van der Waals surface area (Å²) in [4.78, 5) is 20.5. The first-order chi connectivity index (χ1) is 9.63. The van der Waals surface area contributed by atoms with Crippen molar-refractivity contribution in [1.29, 1.82) is 0 Å². The van der Waals surface area contributed by atoms with Gasteiger partial charge in [0.15, 0.2) is 10.8 Å². The van der Waals surface area contributed by atoms with E-state index in [1.165, 1.54) is 11.3 Å². The minimum absolute atomic E-state index is 0.227. The first-order valence-corrected chi connectivity index (χ1v) is 7.02. The molecule has 7 heteroatoms. The molecule has 0 spiro atoms. The van der Waals surface area contributed by atoms with E-state index in [9.17, 15) is 4.79 Å². The summed E-state index contributed by atoms with van der Waals surface area (Å²) in [7, 11) is 0. The van der Waals surface area contributed by atoms with E-state index in [1.807, 2.05) is 19.9 Å². The van der Waals surface area contributed by atoms with Crippen LogP contribution in [0.3, 0.4) is 0 Å². The van der Waals surface area contributed by atoms with Crippen molar-refractivity contribution >= 4 is 32.6 Å². The molecular weight excluding hydrogens is 274 g/mol. The summed E-state index contributed by atoms with van der Waals surface area (Å²) in [5.41, 5.74) is 1.21. The van der Waals surface area contributed by atoms with Gasteiger partial charge < -0.3 is 0 Å². The molecule has 0 aliphatic heterocycles. The monoisotopic (exact) mass is 287 g/mol. The number of aromatic nitrogens is 4. The molecule has 0 aliphatic rings. The maximum atomic E-state index is 12.1. The number of amides is 1. The van der Waals surface area contributed by atoms with E-state index in [0.717, 1.165) is 10.2 Å². The van der Waals surface area contributed by atoms with Crippen LogP contribution >= 0.6 is 11.3 Å². The quantitative estimate of drug-likeness (QED) is 0.804. The summed E-state index contributed by atoms with van der Waals surface area (Å²) in [6, 6.07) is 3.74. The summed E-state index contributed by atoms with van der Waals surface area (Å²) in [5.74, 6) is -0.253. The van der Waals surface area contributed by atoms with E-state index >= 15 is 0 Å². The smallest absolute Gasteiger partial charge is 0.277 e. The van der Waals surface area contributed by atoms with E-state index in [1.54, 1.807) is 29.3 Å². The fourth-order valence-corrected chi connectivity index (χ4v) is 2.57. The van der Waals surface area contributed by atoms with Gasteiger partial charge in [-0.1, -0.05) is 11.3 Å². The molecule has 6 nitrogen and oxygen atoms in total. The third-order valence-corrected chi connectivity index (χ3v) is 3.70. The second-order valence-electron chi connectivity index (χ2n) is 4.59. The lowest BCUT2D eigenvalue weighted by atomic mass is 10.4. The Morgan fingerprint density at radius 3 is 2.95 bits per heavy atom. The van der Waals surface area contributed by atoms with E-state index in [4.69, 9.17) is 0 Å². The number of anilines is 1. The van der Waals surface area contributed by atoms with Crippen LogP contribution in [-0.2, 0) is 0 Å². The first kappa shape index (κ1) is 12.7. The van der Waals surface area contributed by atoms with Crippen molar-refractivity contribution in [2.45, 2.75) is 19.9 Å². The number of thiazole rings is 1. The van der Waals surface area contributed by atoms with Gasteiger partial charge in [0, 0.05) is 24.6 Å². The van der Waals surface area contributed by atoms with E-state index < -0.39 is 0 Å². The minimum Gasteiger partial charge on any atom is -0.296 e. The predicted molar refractivity (Wildman–Crippen MR) is 78.0 cm³/mol. The Morgan fingerprint density at radius 2 is 2.25 bits per heavy atom. The van der Waals surface area contributed by atoms with Gasteiger partial charge in [0.1, 0.15) is 0 Å². The fourth-order valence-electron chi connectivity index (χ4n) is 1.74. The molecule has 1 amide bonds.